The molecule has 2 aromatic carbocycles. The first-order chi connectivity index (χ1) is 14.5. The molecule has 0 saturated carbocycles. The molecule has 3 aromatic rings. The van der Waals surface area contributed by atoms with Gasteiger partial charge >= 0.3 is 0 Å². The van der Waals surface area contributed by atoms with E-state index in [4.69, 9.17) is 4.42 Å². The summed E-state index contributed by atoms with van der Waals surface area (Å²) in [5.41, 5.74) is 3.03. The van der Waals surface area contributed by atoms with Crippen LogP contribution in [0.1, 0.15) is 43.4 Å². The Balaban J connectivity index is 0.00000272. The molecule has 2 heterocycles. The van der Waals surface area contributed by atoms with Gasteiger partial charge in [-0.1, -0.05) is 42.5 Å². The van der Waals surface area contributed by atoms with Gasteiger partial charge in [-0.15, -0.1) is 12.4 Å². The molecule has 0 bridgehead atoms. The highest BCUT2D eigenvalue weighted by Gasteiger charge is 2.23. The molecule has 1 amide bonds. The number of amides is 1. The van der Waals surface area contributed by atoms with Crippen molar-refractivity contribution in [3.05, 3.63) is 94.4 Å². The van der Waals surface area contributed by atoms with Crippen LogP contribution in [0.2, 0.25) is 0 Å². The van der Waals surface area contributed by atoms with Crippen molar-refractivity contribution >= 4 is 24.1 Å². The first-order valence-electron chi connectivity index (χ1n) is 10.3. The van der Waals surface area contributed by atoms with Gasteiger partial charge in [-0.3, -0.25) is 9.59 Å². The van der Waals surface area contributed by atoms with Crippen LogP contribution in [-0.4, -0.2) is 48.7 Å². The van der Waals surface area contributed by atoms with Crippen molar-refractivity contribution in [3.63, 3.8) is 0 Å². The minimum Gasteiger partial charge on any atom is -0.464 e. The largest absolute Gasteiger partial charge is 0.464 e. The Morgan fingerprint density at radius 3 is 2.19 bits per heavy atom. The van der Waals surface area contributed by atoms with E-state index in [2.05, 4.69) is 11.0 Å². The van der Waals surface area contributed by atoms with E-state index in [1.807, 2.05) is 37.2 Å². The number of carbonyl (C=O) groups excluding carboxylic acids is 2. The zero-order valence-electron chi connectivity index (χ0n) is 17.8. The Morgan fingerprint density at radius 2 is 1.52 bits per heavy atom. The topological polar surface area (TPSA) is 53.8 Å². The lowest BCUT2D eigenvalue weighted by Gasteiger charge is -2.20. The summed E-state index contributed by atoms with van der Waals surface area (Å²) in [4.78, 5) is 29.5. The summed E-state index contributed by atoms with van der Waals surface area (Å²) in [5.74, 6) is 1.92. The number of hydrogen-bond donors (Lipinski definition) is 0. The van der Waals surface area contributed by atoms with Gasteiger partial charge in [0.2, 0.25) is 0 Å². The second-order valence-electron chi connectivity index (χ2n) is 7.96. The molecular weight excluding hydrogens is 412 g/mol. The summed E-state index contributed by atoms with van der Waals surface area (Å²) < 4.78 is 6.00. The Labute approximate surface area is 189 Å². The molecule has 162 valence electrons. The van der Waals surface area contributed by atoms with Crippen molar-refractivity contribution in [2.45, 2.75) is 19.4 Å². The van der Waals surface area contributed by atoms with Crippen LogP contribution in [0.5, 0.6) is 0 Å². The van der Waals surface area contributed by atoms with Gasteiger partial charge in [0.05, 0.1) is 6.54 Å². The van der Waals surface area contributed by atoms with Crippen LogP contribution in [0.25, 0.3) is 0 Å². The number of ketones is 1. The molecule has 1 aliphatic rings. The number of furan rings is 1. The van der Waals surface area contributed by atoms with Crippen molar-refractivity contribution in [2.24, 2.45) is 0 Å². The van der Waals surface area contributed by atoms with E-state index in [9.17, 15) is 9.59 Å². The number of benzene rings is 2. The number of halogens is 1. The Hall–Kier alpha value is -2.89. The highest BCUT2D eigenvalue weighted by molar-refractivity contribution is 6.09. The first kappa shape index (κ1) is 22.8. The lowest BCUT2D eigenvalue weighted by atomic mass is 10.0. The third kappa shape index (κ3) is 5.24. The summed E-state index contributed by atoms with van der Waals surface area (Å²) in [7, 11) is 4.04. The molecule has 4 rings (SSSR count). The van der Waals surface area contributed by atoms with Crippen LogP contribution < -0.4 is 0 Å². The third-order valence-corrected chi connectivity index (χ3v) is 5.40. The van der Waals surface area contributed by atoms with Crippen molar-refractivity contribution in [2.75, 3.05) is 27.2 Å². The molecule has 6 heteroatoms. The van der Waals surface area contributed by atoms with Gasteiger partial charge in [-0.25, -0.2) is 0 Å². The lowest BCUT2D eigenvalue weighted by Crippen LogP contribution is -2.33. The number of carbonyl (C=O) groups is 2. The van der Waals surface area contributed by atoms with Crippen molar-refractivity contribution in [3.8, 4) is 0 Å². The van der Waals surface area contributed by atoms with Gasteiger partial charge in [-0.05, 0) is 44.3 Å². The quantitative estimate of drug-likeness (QED) is 0.559. The fourth-order valence-electron chi connectivity index (χ4n) is 3.85. The predicted molar refractivity (Wildman–Crippen MR) is 123 cm³/mol. The Morgan fingerprint density at radius 1 is 0.903 bits per heavy atom. The fourth-order valence-corrected chi connectivity index (χ4v) is 3.85. The molecule has 0 atom stereocenters. The summed E-state index contributed by atoms with van der Waals surface area (Å²) in [6, 6.07) is 18.2. The van der Waals surface area contributed by atoms with Crippen molar-refractivity contribution < 1.29 is 14.0 Å². The molecule has 0 aliphatic carbocycles. The van der Waals surface area contributed by atoms with E-state index in [0.717, 1.165) is 30.9 Å². The molecule has 1 aromatic heterocycles. The second-order valence-corrected chi connectivity index (χ2v) is 7.96. The summed E-state index contributed by atoms with van der Waals surface area (Å²) >= 11 is 0. The van der Waals surface area contributed by atoms with Crippen LogP contribution in [0.3, 0.4) is 0 Å². The van der Waals surface area contributed by atoms with E-state index in [1.165, 1.54) is 5.56 Å². The minimum absolute atomic E-state index is 0. The molecule has 1 aliphatic heterocycles. The smallest absolute Gasteiger partial charge is 0.253 e. The molecule has 0 N–H and O–H groups in total. The lowest BCUT2D eigenvalue weighted by molar-refractivity contribution is 0.0761. The van der Waals surface area contributed by atoms with E-state index < -0.39 is 0 Å². The Kier molecular flexibility index (Phi) is 7.31. The standard InChI is InChI=1S/C25H26N2O3.ClH/c1-26(2)17-22-16-21-12-14-27(15-13-23(21)30-22)25(29)20-10-8-19(9-11-20)24(28)18-6-4-3-5-7-18;/h3-11,16H,12-15,17H2,1-2H3;1H. The Bertz CT molecular complexity index is 1020. The normalized spacial score (nSPS) is 13.3. The van der Waals surface area contributed by atoms with E-state index in [1.54, 1.807) is 36.4 Å². The van der Waals surface area contributed by atoms with Gasteiger partial charge in [0.25, 0.3) is 5.91 Å². The van der Waals surface area contributed by atoms with Gasteiger partial charge in [0, 0.05) is 36.2 Å². The highest BCUT2D eigenvalue weighted by Crippen LogP contribution is 2.22. The predicted octanol–water partition coefficient (Wildman–Crippen LogP) is 4.24. The van der Waals surface area contributed by atoms with E-state index >= 15 is 0 Å². The van der Waals surface area contributed by atoms with E-state index in [-0.39, 0.29) is 24.1 Å². The minimum atomic E-state index is -0.0394. The average molecular weight is 439 g/mol. The maximum absolute atomic E-state index is 13.0. The van der Waals surface area contributed by atoms with Crippen LogP contribution in [0.15, 0.2) is 65.1 Å². The van der Waals surface area contributed by atoms with Crippen LogP contribution in [0, 0.1) is 0 Å². The maximum Gasteiger partial charge on any atom is 0.253 e. The molecule has 0 saturated heterocycles. The third-order valence-electron chi connectivity index (χ3n) is 5.40. The monoisotopic (exact) mass is 438 g/mol. The maximum atomic E-state index is 13.0. The first-order valence-corrected chi connectivity index (χ1v) is 10.3. The van der Waals surface area contributed by atoms with Gasteiger partial charge < -0.3 is 14.2 Å². The summed E-state index contributed by atoms with van der Waals surface area (Å²) in [6.45, 7) is 2.08. The van der Waals surface area contributed by atoms with Gasteiger partial charge in [0.15, 0.2) is 5.78 Å². The highest BCUT2D eigenvalue weighted by atomic mass is 35.5. The number of rotatable bonds is 5. The summed E-state index contributed by atoms with van der Waals surface area (Å²) in [6.07, 6.45) is 1.52. The molecule has 31 heavy (non-hydrogen) atoms. The number of hydrogen-bond acceptors (Lipinski definition) is 4. The van der Waals surface area contributed by atoms with Crippen LogP contribution in [-0.2, 0) is 19.4 Å². The van der Waals surface area contributed by atoms with E-state index in [0.29, 0.717) is 29.8 Å². The average Bonchev–Trinajstić information content (AvgIpc) is 3.03. The second kappa shape index (κ2) is 9.94. The van der Waals surface area contributed by atoms with Crippen molar-refractivity contribution in [1.29, 1.82) is 0 Å². The molecule has 0 fully saturated rings. The molecule has 0 radical (unpaired) electrons. The van der Waals surface area contributed by atoms with Gasteiger partial charge in [-0.2, -0.15) is 0 Å². The molecule has 0 unspecified atom stereocenters. The van der Waals surface area contributed by atoms with Crippen LogP contribution >= 0.6 is 12.4 Å². The number of nitrogens with zero attached hydrogens (tertiary/aromatic N) is 2. The molecular formula is C25H27ClN2O3. The zero-order chi connectivity index (χ0) is 21.1. The van der Waals surface area contributed by atoms with Crippen molar-refractivity contribution in [1.82, 2.24) is 9.80 Å². The number of fused-ring (bicyclic) bond motifs is 1. The zero-order valence-corrected chi connectivity index (χ0v) is 18.7. The SMILES string of the molecule is CN(C)Cc1cc2c(o1)CCN(C(=O)c1ccc(C(=O)c3ccccc3)cc1)CC2.Cl. The summed E-state index contributed by atoms with van der Waals surface area (Å²) in [5, 5.41) is 0. The molecule has 5 nitrogen and oxygen atoms in total. The molecule has 0 spiro atoms. The van der Waals surface area contributed by atoms with Gasteiger partial charge in [0.1, 0.15) is 11.5 Å². The van der Waals surface area contributed by atoms with Crippen LogP contribution in [0.4, 0.5) is 0 Å². The fraction of sp³-hybridized carbons (Fsp3) is 0.280.